The second-order valence-electron chi connectivity index (χ2n) is 5.99. The lowest BCUT2D eigenvalue weighted by Gasteiger charge is -2.38. The van der Waals surface area contributed by atoms with Crippen LogP contribution in [0, 0.1) is 5.92 Å². The third-order valence-electron chi connectivity index (χ3n) is 4.00. The summed E-state index contributed by atoms with van der Waals surface area (Å²) in [7, 11) is 0. The third kappa shape index (κ3) is 3.62. The summed E-state index contributed by atoms with van der Waals surface area (Å²) in [5.74, 6) is 3.77. The van der Waals surface area contributed by atoms with Crippen LogP contribution in [-0.4, -0.2) is 29.1 Å². The van der Waals surface area contributed by atoms with Crippen molar-refractivity contribution >= 4 is 11.6 Å². The summed E-state index contributed by atoms with van der Waals surface area (Å²) in [4.78, 5) is 11.8. The van der Waals surface area contributed by atoms with Gasteiger partial charge in [-0.1, -0.05) is 13.8 Å². The number of aryl methyl sites for hydroxylation is 1. The van der Waals surface area contributed by atoms with E-state index in [1.54, 1.807) is 0 Å². The summed E-state index contributed by atoms with van der Waals surface area (Å²) in [6.07, 6.45) is 4.61. The molecule has 0 aromatic carbocycles. The highest BCUT2D eigenvalue weighted by Crippen LogP contribution is 2.27. The van der Waals surface area contributed by atoms with E-state index in [9.17, 15) is 0 Å². The Kier molecular flexibility index (Phi) is 5.21. The van der Waals surface area contributed by atoms with Crippen LogP contribution in [-0.2, 0) is 6.42 Å². The van der Waals surface area contributed by atoms with Gasteiger partial charge >= 0.3 is 0 Å². The molecular weight excluding hydrogens is 248 g/mol. The Morgan fingerprint density at radius 1 is 1.25 bits per heavy atom. The van der Waals surface area contributed by atoms with Crippen molar-refractivity contribution in [3.63, 3.8) is 0 Å². The quantitative estimate of drug-likeness (QED) is 0.894. The first-order valence-corrected chi connectivity index (χ1v) is 8.02. The van der Waals surface area contributed by atoms with Gasteiger partial charge in [0.05, 0.1) is 0 Å². The molecule has 4 nitrogen and oxygen atoms in total. The molecular formula is C16H28N4. The summed E-state index contributed by atoms with van der Waals surface area (Å²) < 4.78 is 0. The van der Waals surface area contributed by atoms with Gasteiger partial charge in [0.2, 0.25) is 0 Å². The van der Waals surface area contributed by atoms with Crippen molar-refractivity contribution in [1.82, 2.24) is 9.97 Å². The molecule has 2 heterocycles. The molecule has 1 aromatic heterocycles. The molecule has 0 saturated carbocycles. The molecule has 1 fully saturated rings. The average Bonchev–Trinajstić information content (AvgIpc) is 2.42. The van der Waals surface area contributed by atoms with E-state index in [1.165, 1.54) is 12.8 Å². The van der Waals surface area contributed by atoms with Crippen LogP contribution in [0.5, 0.6) is 0 Å². The maximum atomic E-state index is 4.79. The molecule has 1 aromatic rings. The van der Waals surface area contributed by atoms with Crippen LogP contribution in [0.15, 0.2) is 6.07 Å². The van der Waals surface area contributed by atoms with Crippen molar-refractivity contribution in [1.29, 1.82) is 0 Å². The van der Waals surface area contributed by atoms with Gasteiger partial charge in [0, 0.05) is 31.6 Å². The first kappa shape index (κ1) is 15.1. The minimum Gasteiger partial charge on any atom is -0.370 e. The normalized spacial score (nSPS) is 22.9. The van der Waals surface area contributed by atoms with E-state index in [0.717, 1.165) is 49.3 Å². The molecule has 1 aliphatic rings. The Morgan fingerprint density at radius 3 is 2.75 bits per heavy atom. The molecule has 2 atom stereocenters. The minimum absolute atomic E-state index is 0.574. The van der Waals surface area contributed by atoms with E-state index < -0.39 is 0 Å². The fourth-order valence-electron chi connectivity index (χ4n) is 2.85. The Balaban J connectivity index is 2.28. The maximum Gasteiger partial charge on any atom is 0.134 e. The van der Waals surface area contributed by atoms with Gasteiger partial charge in [-0.2, -0.15) is 0 Å². The molecule has 0 bridgehead atoms. The van der Waals surface area contributed by atoms with E-state index in [0.29, 0.717) is 6.04 Å². The van der Waals surface area contributed by atoms with E-state index in [1.807, 2.05) is 0 Å². The van der Waals surface area contributed by atoms with Crippen molar-refractivity contribution in [2.45, 2.75) is 59.4 Å². The third-order valence-corrected chi connectivity index (χ3v) is 4.00. The summed E-state index contributed by atoms with van der Waals surface area (Å²) in [5, 5.41) is 3.33. The number of piperidine rings is 1. The number of hydrogen-bond acceptors (Lipinski definition) is 4. The lowest BCUT2D eigenvalue weighted by molar-refractivity contribution is 0.388. The van der Waals surface area contributed by atoms with Crippen LogP contribution in [0.25, 0.3) is 0 Å². The number of hydrogen-bond donors (Lipinski definition) is 1. The van der Waals surface area contributed by atoms with Crippen LogP contribution < -0.4 is 10.2 Å². The predicted molar refractivity (Wildman–Crippen MR) is 85.4 cm³/mol. The van der Waals surface area contributed by atoms with Crippen LogP contribution in [0.2, 0.25) is 0 Å². The second-order valence-corrected chi connectivity index (χ2v) is 5.99. The van der Waals surface area contributed by atoms with Gasteiger partial charge in [0.15, 0.2) is 0 Å². The Hall–Kier alpha value is -1.32. The molecule has 20 heavy (non-hydrogen) atoms. The second kappa shape index (κ2) is 6.91. The van der Waals surface area contributed by atoms with Crippen LogP contribution in [0.4, 0.5) is 11.6 Å². The summed E-state index contributed by atoms with van der Waals surface area (Å²) in [6.45, 7) is 10.9. The van der Waals surface area contributed by atoms with Gasteiger partial charge in [-0.3, -0.25) is 0 Å². The standard InChI is InChI=1S/C16H28N4/c1-5-7-14-18-15(17-6-2)10-16(19-14)20-11-12(3)8-9-13(20)4/h10,12-13H,5-9,11H2,1-4H3,(H,17,18,19). The monoisotopic (exact) mass is 276 g/mol. The Bertz CT molecular complexity index is 408. The zero-order chi connectivity index (χ0) is 14.5. The van der Waals surface area contributed by atoms with Gasteiger partial charge in [-0.15, -0.1) is 0 Å². The van der Waals surface area contributed by atoms with Crippen molar-refractivity contribution in [3.8, 4) is 0 Å². The van der Waals surface area contributed by atoms with E-state index in [4.69, 9.17) is 4.98 Å². The Morgan fingerprint density at radius 2 is 2.05 bits per heavy atom. The zero-order valence-corrected chi connectivity index (χ0v) is 13.3. The first-order chi connectivity index (χ1) is 9.63. The predicted octanol–water partition coefficient (Wildman–Crippen LogP) is 3.49. The highest BCUT2D eigenvalue weighted by atomic mass is 15.2. The maximum absolute atomic E-state index is 4.79. The highest BCUT2D eigenvalue weighted by Gasteiger charge is 2.24. The fourth-order valence-corrected chi connectivity index (χ4v) is 2.85. The summed E-state index contributed by atoms with van der Waals surface area (Å²) in [6, 6.07) is 2.68. The van der Waals surface area contributed by atoms with Gasteiger partial charge in [0.1, 0.15) is 17.5 Å². The van der Waals surface area contributed by atoms with E-state index in [2.05, 4.69) is 49.0 Å². The number of anilines is 2. The lowest BCUT2D eigenvalue weighted by atomic mass is 9.95. The SMILES string of the molecule is CCCc1nc(NCC)cc(N2CC(C)CCC2C)n1. The van der Waals surface area contributed by atoms with Gasteiger partial charge < -0.3 is 10.2 Å². The summed E-state index contributed by atoms with van der Waals surface area (Å²) in [5.41, 5.74) is 0. The smallest absolute Gasteiger partial charge is 0.134 e. The molecule has 0 amide bonds. The van der Waals surface area contributed by atoms with Crippen molar-refractivity contribution in [2.75, 3.05) is 23.3 Å². The minimum atomic E-state index is 0.574. The summed E-state index contributed by atoms with van der Waals surface area (Å²) >= 11 is 0. The fraction of sp³-hybridized carbons (Fsp3) is 0.750. The molecule has 0 radical (unpaired) electrons. The van der Waals surface area contributed by atoms with Gasteiger partial charge in [0.25, 0.3) is 0 Å². The number of aromatic nitrogens is 2. The molecule has 4 heteroatoms. The average molecular weight is 276 g/mol. The van der Waals surface area contributed by atoms with Crippen molar-refractivity contribution in [3.05, 3.63) is 11.9 Å². The molecule has 0 aliphatic carbocycles. The van der Waals surface area contributed by atoms with Crippen LogP contribution >= 0.6 is 0 Å². The Labute approximate surface area is 123 Å². The van der Waals surface area contributed by atoms with Crippen LogP contribution in [0.3, 0.4) is 0 Å². The first-order valence-electron chi connectivity index (χ1n) is 8.02. The lowest BCUT2D eigenvalue weighted by Crippen LogP contribution is -2.41. The zero-order valence-electron chi connectivity index (χ0n) is 13.3. The molecule has 2 unspecified atom stereocenters. The topological polar surface area (TPSA) is 41.1 Å². The molecule has 1 aliphatic heterocycles. The van der Waals surface area contributed by atoms with Crippen LogP contribution in [0.1, 0.15) is 52.8 Å². The largest absolute Gasteiger partial charge is 0.370 e. The number of nitrogens with one attached hydrogen (secondary N) is 1. The molecule has 0 spiro atoms. The van der Waals surface area contributed by atoms with Gasteiger partial charge in [-0.25, -0.2) is 9.97 Å². The van der Waals surface area contributed by atoms with E-state index in [-0.39, 0.29) is 0 Å². The van der Waals surface area contributed by atoms with E-state index >= 15 is 0 Å². The van der Waals surface area contributed by atoms with Crippen molar-refractivity contribution < 1.29 is 0 Å². The molecule has 112 valence electrons. The number of rotatable bonds is 5. The molecule has 1 N–H and O–H groups in total. The van der Waals surface area contributed by atoms with Gasteiger partial charge in [-0.05, 0) is 39.0 Å². The molecule has 1 saturated heterocycles. The van der Waals surface area contributed by atoms with Crippen molar-refractivity contribution in [2.24, 2.45) is 5.92 Å². The molecule has 2 rings (SSSR count). The number of nitrogens with zero attached hydrogens (tertiary/aromatic N) is 3. The highest BCUT2D eigenvalue weighted by molar-refractivity contribution is 5.50.